The highest BCUT2D eigenvalue weighted by Gasteiger charge is 2.24. The second-order valence-electron chi connectivity index (χ2n) is 7.20. The van der Waals surface area contributed by atoms with Crippen molar-refractivity contribution in [3.05, 3.63) is 53.6 Å². The lowest BCUT2D eigenvalue weighted by atomic mass is 10.1. The Balaban J connectivity index is 1.78. The fraction of sp³-hybridized carbons (Fsp3) is 0.381. The fourth-order valence-electron chi connectivity index (χ4n) is 3.18. The van der Waals surface area contributed by atoms with E-state index in [1.54, 1.807) is 6.07 Å². The van der Waals surface area contributed by atoms with Gasteiger partial charge in [0.05, 0.1) is 20.3 Å². The number of hydrogen-bond donors (Lipinski definition) is 1. The minimum absolute atomic E-state index is 0.0521. The normalized spacial score (nSPS) is 15.2. The zero-order valence-corrected chi connectivity index (χ0v) is 18.2. The molecule has 1 heterocycles. The Hall–Kier alpha value is -2.46. The van der Waals surface area contributed by atoms with Gasteiger partial charge in [0.25, 0.3) is 5.91 Å². The largest absolute Gasteiger partial charge is 0.495 e. The SMILES string of the molecule is COc1ccc(C(=O)Nc2cccc(CN3CCOCC3)c2)cc1S(=O)(=O)N(C)C. The van der Waals surface area contributed by atoms with Crippen molar-refractivity contribution in [3.8, 4) is 5.75 Å². The average Bonchev–Trinajstić information content (AvgIpc) is 2.74. The Morgan fingerprint density at radius 3 is 2.57 bits per heavy atom. The Morgan fingerprint density at radius 2 is 1.90 bits per heavy atom. The number of rotatable bonds is 7. The van der Waals surface area contributed by atoms with Crippen LogP contribution in [0.2, 0.25) is 0 Å². The number of carbonyl (C=O) groups is 1. The molecule has 0 atom stereocenters. The van der Waals surface area contributed by atoms with Gasteiger partial charge in [-0.15, -0.1) is 0 Å². The zero-order valence-electron chi connectivity index (χ0n) is 17.4. The van der Waals surface area contributed by atoms with Crippen molar-refractivity contribution in [1.29, 1.82) is 0 Å². The summed E-state index contributed by atoms with van der Waals surface area (Å²) in [5.74, 6) is -0.204. The van der Waals surface area contributed by atoms with Crippen LogP contribution >= 0.6 is 0 Å². The third kappa shape index (κ3) is 5.17. The van der Waals surface area contributed by atoms with Gasteiger partial charge in [-0.3, -0.25) is 9.69 Å². The minimum Gasteiger partial charge on any atom is -0.495 e. The maximum atomic E-state index is 12.8. The van der Waals surface area contributed by atoms with E-state index in [1.807, 2.05) is 24.3 Å². The summed E-state index contributed by atoms with van der Waals surface area (Å²) >= 11 is 0. The molecule has 0 bridgehead atoms. The number of nitrogens with one attached hydrogen (secondary N) is 1. The van der Waals surface area contributed by atoms with E-state index in [2.05, 4.69) is 10.2 Å². The molecule has 0 aromatic heterocycles. The molecule has 30 heavy (non-hydrogen) atoms. The number of morpholine rings is 1. The van der Waals surface area contributed by atoms with Gasteiger partial charge < -0.3 is 14.8 Å². The molecule has 1 fully saturated rings. The summed E-state index contributed by atoms with van der Waals surface area (Å²) in [5.41, 5.74) is 1.97. The van der Waals surface area contributed by atoms with Crippen molar-refractivity contribution in [3.63, 3.8) is 0 Å². The van der Waals surface area contributed by atoms with Gasteiger partial charge in [-0.05, 0) is 35.9 Å². The molecule has 1 N–H and O–H groups in total. The standard InChI is InChI=1S/C21H27N3O5S/c1-23(2)30(26,27)20-14-17(7-8-19(20)28-3)21(25)22-18-6-4-5-16(13-18)15-24-9-11-29-12-10-24/h4-8,13-14H,9-12,15H2,1-3H3,(H,22,25). The van der Waals surface area contributed by atoms with E-state index in [9.17, 15) is 13.2 Å². The van der Waals surface area contributed by atoms with Crippen molar-refractivity contribution in [1.82, 2.24) is 9.21 Å². The molecular formula is C21H27N3O5S. The van der Waals surface area contributed by atoms with Crippen LogP contribution in [0, 0.1) is 0 Å². The van der Waals surface area contributed by atoms with Crippen molar-refractivity contribution in [2.75, 3.05) is 52.8 Å². The van der Waals surface area contributed by atoms with Gasteiger partial charge in [0, 0.05) is 45.0 Å². The Labute approximate surface area is 177 Å². The third-order valence-electron chi connectivity index (χ3n) is 4.88. The van der Waals surface area contributed by atoms with Crippen LogP contribution in [0.5, 0.6) is 5.75 Å². The van der Waals surface area contributed by atoms with Crippen LogP contribution in [0.1, 0.15) is 15.9 Å². The number of sulfonamides is 1. The molecule has 3 rings (SSSR count). The smallest absolute Gasteiger partial charge is 0.255 e. The summed E-state index contributed by atoms with van der Waals surface area (Å²) in [7, 11) is 0.498. The van der Waals surface area contributed by atoms with Crippen LogP contribution in [-0.2, 0) is 21.3 Å². The molecule has 8 nitrogen and oxygen atoms in total. The number of anilines is 1. The summed E-state index contributed by atoms with van der Waals surface area (Å²) in [6, 6.07) is 12.0. The van der Waals surface area contributed by atoms with Crippen LogP contribution in [0.25, 0.3) is 0 Å². The van der Waals surface area contributed by atoms with Gasteiger partial charge in [0.15, 0.2) is 0 Å². The van der Waals surface area contributed by atoms with Crippen LogP contribution in [0.15, 0.2) is 47.4 Å². The molecule has 1 aliphatic rings. The van der Waals surface area contributed by atoms with E-state index in [0.717, 1.165) is 42.7 Å². The maximum Gasteiger partial charge on any atom is 0.255 e. The molecule has 0 radical (unpaired) electrons. The van der Waals surface area contributed by atoms with E-state index < -0.39 is 15.9 Å². The van der Waals surface area contributed by atoms with E-state index in [4.69, 9.17) is 9.47 Å². The molecule has 0 saturated carbocycles. The second kappa shape index (κ2) is 9.57. The molecule has 0 aliphatic carbocycles. The molecule has 9 heteroatoms. The van der Waals surface area contributed by atoms with Crippen LogP contribution < -0.4 is 10.1 Å². The number of ether oxygens (including phenoxy) is 2. The quantitative estimate of drug-likeness (QED) is 0.719. The van der Waals surface area contributed by atoms with Crippen molar-refractivity contribution < 1.29 is 22.7 Å². The summed E-state index contributed by atoms with van der Waals surface area (Å²) in [6.45, 7) is 4.00. The fourth-order valence-corrected chi connectivity index (χ4v) is 4.26. The van der Waals surface area contributed by atoms with Gasteiger partial charge >= 0.3 is 0 Å². The number of methoxy groups -OCH3 is 1. The van der Waals surface area contributed by atoms with Crippen molar-refractivity contribution in [2.24, 2.45) is 0 Å². The average molecular weight is 434 g/mol. The second-order valence-corrected chi connectivity index (χ2v) is 9.32. The summed E-state index contributed by atoms with van der Waals surface area (Å²) < 4.78 is 36.8. The highest BCUT2D eigenvalue weighted by atomic mass is 32.2. The predicted molar refractivity (Wildman–Crippen MR) is 114 cm³/mol. The lowest BCUT2D eigenvalue weighted by Gasteiger charge is -2.26. The molecular weight excluding hydrogens is 406 g/mol. The van der Waals surface area contributed by atoms with Gasteiger partial charge in [0.2, 0.25) is 10.0 Å². The summed E-state index contributed by atoms with van der Waals surface area (Å²) in [6.07, 6.45) is 0. The third-order valence-corrected chi connectivity index (χ3v) is 6.72. The molecule has 2 aromatic carbocycles. The molecule has 1 aliphatic heterocycles. The van der Waals surface area contributed by atoms with E-state index in [1.165, 1.54) is 33.3 Å². The van der Waals surface area contributed by atoms with E-state index in [0.29, 0.717) is 5.69 Å². The molecule has 2 aromatic rings. The van der Waals surface area contributed by atoms with Gasteiger partial charge in [-0.2, -0.15) is 0 Å². The Bertz CT molecular complexity index is 1000. The van der Waals surface area contributed by atoms with Gasteiger partial charge in [-0.1, -0.05) is 12.1 Å². The van der Waals surface area contributed by atoms with Crippen LogP contribution in [0.3, 0.4) is 0 Å². The Kier molecular flexibility index (Phi) is 7.09. The monoisotopic (exact) mass is 433 g/mol. The minimum atomic E-state index is -3.76. The number of benzene rings is 2. The summed E-state index contributed by atoms with van der Waals surface area (Å²) in [5, 5.41) is 2.85. The molecule has 0 spiro atoms. The number of nitrogens with zero attached hydrogens (tertiary/aromatic N) is 2. The van der Waals surface area contributed by atoms with E-state index in [-0.39, 0.29) is 16.2 Å². The maximum absolute atomic E-state index is 12.8. The van der Waals surface area contributed by atoms with Crippen molar-refractivity contribution in [2.45, 2.75) is 11.4 Å². The number of carbonyl (C=O) groups excluding carboxylic acids is 1. The molecule has 162 valence electrons. The number of amides is 1. The highest BCUT2D eigenvalue weighted by molar-refractivity contribution is 7.89. The number of hydrogen-bond acceptors (Lipinski definition) is 6. The first kappa shape index (κ1) is 22.2. The van der Waals surface area contributed by atoms with Gasteiger partial charge in [0.1, 0.15) is 10.6 Å². The van der Waals surface area contributed by atoms with Gasteiger partial charge in [-0.25, -0.2) is 12.7 Å². The molecule has 1 amide bonds. The lowest BCUT2D eigenvalue weighted by Crippen LogP contribution is -2.35. The van der Waals surface area contributed by atoms with Crippen LogP contribution in [0.4, 0.5) is 5.69 Å². The topological polar surface area (TPSA) is 88.2 Å². The first-order chi connectivity index (χ1) is 14.3. The van der Waals surface area contributed by atoms with Crippen LogP contribution in [-0.4, -0.2) is 71.0 Å². The summed E-state index contributed by atoms with van der Waals surface area (Å²) in [4.78, 5) is 15.0. The first-order valence-corrected chi connectivity index (χ1v) is 11.1. The van der Waals surface area contributed by atoms with E-state index >= 15 is 0 Å². The predicted octanol–water partition coefficient (Wildman–Crippen LogP) is 2.03. The Morgan fingerprint density at radius 1 is 1.17 bits per heavy atom. The molecule has 0 unspecified atom stereocenters. The van der Waals surface area contributed by atoms with Crippen molar-refractivity contribution >= 4 is 21.6 Å². The first-order valence-electron chi connectivity index (χ1n) is 9.62. The highest BCUT2D eigenvalue weighted by Crippen LogP contribution is 2.27. The molecule has 1 saturated heterocycles. The zero-order chi connectivity index (χ0) is 21.7. The lowest BCUT2D eigenvalue weighted by molar-refractivity contribution is 0.0342.